The van der Waals surface area contributed by atoms with Gasteiger partial charge >= 0.3 is 11.9 Å². The van der Waals surface area contributed by atoms with Crippen LogP contribution < -0.4 is 10.6 Å². The lowest BCUT2D eigenvalue weighted by Crippen LogP contribution is -2.50. The topological polar surface area (TPSA) is 164 Å². The Morgan fingerprint density at radius 3 is 2.22 bits per heavy atom. The van der Waals surface area contributed by atoms with Crippen LogP contribution in [0.1, 0.15) is 15.9 Å². The molecule has 1 atom stereocenters. The van der Waals surface area contributed by atoms with E-state index >= 15 is 0 Å². The van der Waals surface area contributed by atoms with E-state index in [0.717, 1.165) is 23.1 Å². The number of aromatic carboxylic acids is 1. The second kappa shape index (κ2) is 7.95. The third kappa shape index (κ3) is 4.37. The van der Waals surface area contributed by atoms with E-state index in [-0.39, 0.29) is 17.8 Å². The number of nitro benzene ring substituents is 1. The van der Waals surface area contributed by atoms with Gasteiger partial charge in [0.25, 0.3) is 11.6 Å². The maximum absolute atomic E-state index is 11.7. The molecular weight excluding hydrogens is 358 g/mol. The largest absolute Gasteiger partial charge is 0.479 e. The Morgan fingerprint density at radius 2 is 1.74 bits per heavy atom. The molecule has 0 aliphatic rings. The van der Waals surface area contributed by atoms with E-state index in [1.54, 1.807) is 30.3 Å². The highest BCUT2D eigenvalue weighted by Gasteiger charge is 2.35. The van der Waals surface area contributed by atoms with Gasteiger partial charge in [-0.3, -0.25) is 14.9 Å². The zero-order valence-corrected chi connectivity index (χ0v) is 13.8. The van der Waals surface area contributed by atoms with Gasteiger partial charge in [0.1, 0.15) is 5.69 Å². The number of hydrogen-bond donors (Lipinski definition) is 3. The normalized spacial score (nSPS) is 11.4. The number of carbonyl (C=O) groups is 3. The zero-order valence-electron chi connectivity index (χ0n) is 13.8. The standard InChI is InChI=1S/C17H15N3O7/c18-15(21)14(17(24)25)19(9-10-4-2-1-3-5-10)12-7-6-11(16(22)23)8-13(12)20(26)27/h1-8,14H,9H2,(H2,18,21)(H,22,23)(H,24,25). The van der Waals surface area contributed by atoms with E-state index in [9.17, 15) is 29.6 Å². The van der Waals surface area contributed by atoms with Gasteiger partial charge in [0, 0.05) is 12.6 Å². The van der Waals surface area contributed by atoms with E-state index in [2.05, 4.69) is 0 Å². The van der Waals surface area contributed by atoms with E-state index in [4.69, 9.17) is 10.8 Å². The van der Waals surface area contributed by atoms with Crippen LogP contribution in [0.25, 0.3) is 0 Å². The van der Waals surface area contributed by atoms with Gasteiger partial charge in [-0.1, -0.05) is 30.3 Å². The number of nitrogens with two attached hydrogens (primary N) is 1. The van der Waals surface area contributed by atoms with Crippen LogP contribution in [-0.4, -0.2) is 39.0 Å². The molecule has 0 aromatic heterocycles. The molecule has 10 nitrogen and oxygen atoms in total. The van der Waals surface area contributed by atoms with Gasteiger partial charge in [0.2, 0.25) is 6.04 Å². The number of aliphatic carboxylic acids is 1. The molecule has 4 N–H and O–H groups in total. The molecule has 0 aliphatic carbocycles. The summed E-state index contributed by atoms with van der Waals surface area (Å²) in [5, 5.41) is 29.9. The first-order chi connectivity index (χ1) is 12.7. The van der Waals surface area contributed by atoms with Gasteiger partial charge in [-0.2, -0.15) is 0 Å². The predicted octanol–water partition coefficient (Wildman–Crippen LogP) is 1.24. The lowest BCUT2D eigenvalue weighted by atomic mass is 10.1. The molecule has 0 bridgehead atoms. The molecule has 0 aliphatic heterocycles. The molecule has 0 saturated carbocycles. The van der Waals surface area contributed by atoms with Gasteiger partial charge in [-0.05, 0) is 17.7 Å². The lowest BCUT2D eigenvalue weighted by molar-refractivity contribution is -0.384. The van der Waals surface area contributed by atoms with E-state index in [1.807, 2.05) is 0 Å². The first-order valence-corrected chi connectivity index (χ1v) is 7.56. The minimum absolute atomic E-state index is 0.173. The molecule has 0 saturated heterocycles. The number of carbonyl (C=O) groups excluding carboxylic acids is 1. The maximum Gasteiger partial charge on any atom is 0.336 e. The number of primary amides is 1. The fourth-order valence-electron chi connectivity index (χ4n) is 2.55. The fraction of sp³-hybridized carbons (Fsp3) is 0.118. The average molecular weight is 373 g/mol. The summed E-state index contributed by atoms with van der Waals surface area (Å²) in [4.78, 5) is 46.0. The van der Waals surface area contributed by atoms with Gasteiger partial charge in [0.05, 0.1) is 10.5 Å². The van der Waals surface area contributed by atoms with Crippen LogP contribution in [0.2, 0.25) is 0 Å². The van der Waals surface area contributed by atoms with Crippen LogP contribution in [0.4, 0.5) is 11.4 Å². The molecule has 140 valence electrons. The predicted molar refractivity (Wildman–Crippen MR) is 93.3 cm³/mol. The summed E-state index contributed by atoms with van der Waals surface area (Å²) in [7, 11) is 0. The fourth-order valence-corrected chi connectivity index (χ4v) is 2.55. The van der Waals surface area contributed by atoms with Crippen molar-refractivity contribution in [2.75, 3.05) is 4.90 Å². The van der Waals surface area contributed by atoms with Crippen molar-refractivity contribution in [2.45, 2.75) is 12.6 Å². The third-order valence-corrected chi connectivity index (χ3v) is 3.74. The Bertz CT molecular complexity index is 885. The first-order valence-electron chi connectivity index (χ1n) is 7.56. The number of amides is 1. The minimum atomic E-state index is -1.89. The first kappa shape index (κ1) is 19.4. The number of hydrogen-bond acceptors (Lipinski definition) is 6. The van der Waals surface area contributed by atoms with Crippen LogP contribution >= 0.6 is 0 Å². The summed E-state index contributed by atoms with van der Waals surface area (Å²) in [6.45, 7) is -0.173. The van der Waals surface area contributed by atoms with Gasteiger partial charge in [-0.15, -0.1) is 0 Å². The summed E-state index contributed by atoms with van der Waals surface area (Å²) < 4.78 is 0. The molecule has 1 amide bonds. The summed E-state index contributed by atoms with van der Waals surface area (Å²) >= 11 is 0. The summed E-state index contributed by atoms with van der Waals surface area (Å²) in [5.41, 5.74) is 4.54. The average Bonchev–Trinajstić information content (AvgIpc) is 2.60. The quantitative estimate of drug-likeness (QED) is 0.353. The number of carboxylic acid groups (broad SMARTS) is 2. The van der Waals surface area contributed by atoms with Crippen molar-refractivity contribution in [3.05, 3.63) is 69.8 Å². The van der Waals surface area contributed by atoms with Crippen molar-refractivity contribution in [3.8, 4) is 0 Å². The highest BCUT2D eigenvalue weighted by Crippen LogP contribution is 2.32. The molecule has 0 heterocycles. The van der Waals surface area contributed by atoms with E-state index in [0.29, 0.717) is 5.56 Å². The van der Waals surface area contributed by atoms with E-state index < -0.39 is 34.5 Å². The Labute approximate surface area is 152 Å². The van der Waals surface area contributed by atoms with Crippen molar-refractivity contribution in [2.24, 2.45) is 5.73 Å². The highest BCUT2D eigenvalue weighted by atomic mass is 16.6. The van der Waals surface area contributed by atoms with Crippen LogP contribution in [0.3, 0.4) is 0 Å². The summed E-state index contributed by atoms with van der Waals surface area (Å²) in [6.07, 6.45) is 0. The number of nitrogens with zero attached hydrogens (tertiary/aromatic N) is 2. The zero-order chi connectivity index (χ0) is 20.1. The monoisotopic (exact) mass is 373 g/mol. The van der Waals surface area contributed by atoms with Crippen molar-refractivity contribution < 1.29 is 29.5 Å². The molecule has 0 spiro atoms. The molecule has 2 aromatic rings. The smallest absolute Gasteiger partial charge is 0.336 e. The maximum atomic E-state index is 11.7. The van der Waals surface area contributed by atoms with Crippen molar-refractivity contribution in [3.63, 3.8) is 0 Å². The Kier molecular flexibility index (Phi) is 5.71. The number of carboxylic acids is 2. The summed E-state index contributed by atoms with van der Waals surface area (Å²) in [6, 6.07) is 9.45. The third-order valence-electron chi connectivity index (χ3n) is 3.74. The highest BCUT2D eigenvalue weighted by molar-refractivity contribution is 6.04. The van der Waals surface area contributed by atoms with Crippen LogP contribution in [-0.2, 0) is 16.1 Å². The lowest BCUT2D eigenvalue weighted by Gasteiger charge is -2.29. The van der Waals surface area contributed by atoms with E-state index in [1.165, 1.54) is 0 Å². The van der Waals surface area contributed by atoms with Crippen molar-refractivity contribution >= 4 is 29.2 Å². The van der Waals surface area contributed by atoms with Crippen LogP contribution in [0.5, 0.6) is 0 Å². The van der Waals surface area contributed by atoms with Gasteiger partial charge in [-0.25, -0.2) is 9.59 Å². The second-order valence-corrected chi connectivity index (χ2v) is 5.52. The Balaban J connectivity index is 2.65. The number of rotatable bonds is 8. The van der Waals surface area contributed by atoms with Crippen molar-refractivity contribution in [1.29, 1.82) is 0 Å². The minimum Gasteiger partial charge on any atom is -0.479 e. The number of anilines is 1. The number of nitro groups is 1. The molecule has 0 fully saturated rings. The molecule has 2 aromatic carbocycles. The Hall–Kier alpha value is -3.95. The van der Waals surface area contributed by atoms with Crippen molar-refractivity contribution in [1.82, 2.24) is 0 Å². The van der Waals surface area contributed by atoms with Crippen LogP contribution in [0.15, 0.2) is 48.5 Å². The van der Waals surface area contributed by atoms with Gasteiger partial charge < -0.3 is 20.8 Å². The SMILES string of the molecule is NC(=O)C(C(=O)O)N(Cc1ccccc1)c1ccc(C(=O)O)cc1[N+](=O)[O-]. The summed E-state index contributed by atoms with van der Waals surface area (Å²) in [5.74, 6) is -4.19. The second-order valence-electron chi connectivity index (χ2n) is 5.52. The Morgan fingerprint density at radius 1 is 1.11 bits per heavy atom. The molecule has 10 heteroatoms. The molecule has 2 rings (SSSR count). The number of benzene rings is 2. The molecule has 1 unspecified atom stereocenters. The molecule has 27 heavy (non-hydrogen) atoms. The van der Waals surface area contributed by atoms with Gasteiger partial charge in [0.15, 0.2) is 0 Å². The van der Waals surface area contributed by atoms with Crippen LogP contribution in [0, 0.1) is 10.1 Å². The molecular formula is C17H15N3O7. The molecule has 0 radical (unpaired) electrons.